The summed E-state index contributed by atoms with van der Waals surface area (Å²) in [6, 6.07) is 4.50. The van der Waals surface area contributed by atoms with E-state index in [-0.39, 0.29) is 33.9 Å². The highest BCUT2D eigenvalue weighted by Crippen LogP contribution is 2.37. The van der Waals surface area contributed by atoms with E-state index in [1.165, 1.54) is 18.2 Å². The third-order valence-corrected chi connectivity index (χ3v) is 4.07. The molecule has 0 heterocycles. The predicted octanol–water partition coefficient (Wildman–Crippen LogP) is 5.61. The second kappa shape index (κ2) is 7.88. The van der Waals surface area contributed by atoms with E-state index >= 15 is 0 Å². The molecule has 0 atom stereocenters. The van der Waals surface area contributed by atoms with Gasteiger partial charge >= 0.3 is 24.2 Å². The lowest BCUT2D eigenvalue weighted by Gasteiger charge is -2.15. The quantitative estimate of drug-likeness (QED) is 0.467. The Kier molecular flexibility index (Phi) is 6.15. The van der Waals surface area contributed by atoms with Gasteiger partial charge in [-0.3, -0.25) is 9.59 Å². The van der Waals surface area contributed by atoms with Crippen molar-refractivity contribution in [3.05, 3.63) is 57.6 Å². The van der Waals surface area contributed by atoms with E-state index in [2.05, 4.69) is 0 Å². The minimum atomic E-state index is -5.10. The molecule has 4 nitrogen and oxygen atoms in total. The molecule has 0 aromatic heterocycles. The molecule has 0 aliphatic rings. The summed E-state index contributed by atoms with van der Waals surface area (Å²) in [6.45, 7) is 0. The van der Waals surface area contributed by atoms with Crippen molar-refractivity contribution < 1.29 is 35.9 Å². The highest BCUT2D eigenvalue weighted by Gasteiger charge is 2.37. The van der Waals surface area contributed by atoms with Gasteiger partial charge in [0.15, 0.2) is 0 Å². The Morgan fingerprint density at radius 2 is 1.29 bits per heavy atom. The summed E-state index contributed by atoms with van der Waals surface area (Å²) in [5.74, 6) is -2.89. The van der Waals surface area contributed by atoms with Crippen molar-refractivity contribution >= 4 is 46.4 Å². The molecule has 0 aliphatic carbocycles. The van der Waals surface area contributed by atoms with Gasteiger partial charge in [0.1, 0.15) is 0 Å². The number of nitrogens with one attached hydrogen (secondary N) is 2. The van der Waals surface area contributed by atoms with E-state index in [0.717, 1.165) is 0 Å². The van der Waals surface area contributed by atoms with Crippen LogP contribution in [0.5, 0.6) is 0 Å². The Balaban J connectivity index is 2.27. The molecule has 28 heavy (non-hydrogen) atoms. The number of benzene rings is 2. The molecule has 0 aliphatic heterocycles. The van der Waals surface area contributed by atoms with Crippen molar-refractivity contribution in [3.63, 3.8) is 0 Å². The molecule has 12 heteroatoms. The van der Waals surface area contributed by atoms with Gasteiger partial charge in [0, 0.05) is 5.69 Å². The predicted molar refractivity (Wildman–Crippen MR) is 90.2 cm³/mol. The molecule has 150 valence electrons. The van der Waals surface area contributed by atoms with Crippen LogP contribution in [0.25, 0.3) is 0 Å². The fraction of sp³-hybridized carbons (Fsp3) is 0.125. The zero-order chi connectivity index (χ0) is 21.3. The van der Waals surface area contributed by atoms with Gasteiger partial charge in [0.05, 0.1) is 26.9 Å². The van der Waals surface area contributed by atoms with E-state index in [9.17, 15) is 35.9 Å². The molecule has 0 saturated carbocycles. The first-order valence-electron chi connectivity index (χ1n) is 7.15. The van der Waals surface area contributed by atoms with E-state index in [4.69, 9.17) is 23.2 Å². The van der Waals surface area contributed by atoms with Crippen LogP contribution in [0, 0.1) is 0 Å². The molecule has 2 amide bonds. The minimum Gasteiger partial charge on any atom is -0.318 e. The van der Waals surface area contributed by atoms with Crippen molar-refractivity contribution in [2.75, 3.05) is 10.6 Å². The first kappa shape index (κ1) is 21.8. The number of alkyl halides is 6. The summed E-state index contributed by atoms with van der Waals surface area (Å²) >= 11 is 11.5. The maximum absolute atomic E-state index is 12.8. The third-order valence-electron chi connectivity index (χ3n) is 3.25. The maximum Gasteiger partial charge on any atom is 0.416 e. The maximum atomic E-state index is 12.8. The van der Waals surface area contributed by atoms with Gasteiger partial charge in [-0.15, -0.1) is 0 Å². The van der Waals surface area contributed by atoms with E-state index < -0.39 is 41.0 Å². The largest absolute Gasteiger partial charge is 0.416 e. The molecular formula is C16H8Cl2F6N2O2. The summed E-state index contributed by atoms with van der Waals surface area (Å²) in [5, 5.41) is 3.68. The van der Waals surface area contributed by atoms with Crippen molar-refractivity contribution in [3.8, 4) is 0 Å². The molecule has 2 rings (SSSR count). The number of anilines is 2. The highest BCUT2D eigenvalue weighted by atomic mass is 35.5. The van der Waals surface area contributed by atoms with Gasteiger partial charge in [0.25, 0.3) is 0 Å². The molecule has 0 saturated heterocycles. The molecule has 0 fully saturated rings. The molecule has 2 aromatic carbocycles. The van der Waals surface area contributed by atoms with Gasteiger partial charge in [-0.25, -0.2) is 0 Å². The van der Waals surface area contributed by atoms with Crippen LogP contribution in [0.15, 0.2) is 36.4 Å². The van der Waals surface area contributed by atoms with Gasteiger partial charge in [0.2, 0.25) is 0 Å². The van der Waals surface area contributed by atoms with Crippen molar-refractivity contribution in [2.24, 2.45) is 0 Å². The fourth-order valence-corrected chi connectivity index (χ4v) is 2.34. The second-order valence-corrected chi connectivity index (χ2v) is 6.09. The molecule has 0 unspecified atom stereocenters. The topological polar surface area (TPSA) is 58.2 Å². The van der Waals surface area contributed by atoms with E-state index in [1.807, 2.05) is 5.32 Å². The smallest absolute Gasteiger partial charge is 0.318 e. The Labute approximate surface area is 163 Å². The fourth-order valence-electron chi connectivity index (χ4n) is 1.99. The molecule has 0 spiro atoms. The zero-order valence-corrected chi connectivity index (χ0v) is 14.8. The standard InChI is InChI=1S/C16H8Cl2F6N2O2/c17-10-2-1-3-11(12(10)18)26-14(28)13(27)25-9-5-7(15(19,20)21)4-8(6-9)16(22,23)24/h1-6H,(H,25,27)(H,26,28). The number of hydrogen-bond acceptors (Lipinski definition) is 2. The number of carbonyl (C=O) groups is 2. The summed E-state index contributed by atoms with van der Waals surface area (Å²) in [7, 11) is 0. The van der Waals surface area contributed by atoms with Gasteiger partial charge < -0.3 is 10.6 Å². The lowest BCUT2D eigenvalue weighted by atomic mass is 10.1. The van der Waals surface area contributed by atoms with Crippen molar-refractivity contribution in [1.29, 1.82) is 0 Å². The Hall–Kier alpha value is -2.46. The van der Waals surface area contributed by atoms with Crippen LogP contribution >= 0.6 is 23.2 Å². The van der Waals surface area contributed by atoms with Crippen molar-refractivity contribution in [2.45, 2.75) is 12.4 Å². The summed E-state index contributed by atoms with van der Waals surface area (Å²) in [4.78, 5) is 23.7. The summed E-state index contributed by atoms with van der Waals surface area (Å²) in [5.41, 5.74) is -4.22. The normalized spacial score (nSPS) is 11.9. The first-order chi connectivity index (χ1) is 12.8. The Bertz CT molecular complexity index is 896. The van der Waals surface area contributed by atoms with Crippen LogP contribution in [0.2, 0.25) is 10.0 Å². The third kappa shape index (κ3) is 5.29. The van der Waals surface area contributed by atoms with Crippen LogP contribution in [0.1, 0.15) is 11.1 Å². The average Bonchev–Trinajstić information content (AvgIpc) is 2.57. The minimum absolute atomic E-state index is 0.0487. The monoisotopic (exact) mass is 444 g/mol. The summed E-state index contributed by atoms with van der Waals surface area (Å²) in [6.07, 6.45) is -10.2. The van der Waals surface area contributed by atoms with Crippen LogP contribution in [-0.4, -0.2) is 11.8 Å². The summed E-state index contributed by atoms with van der Waals surface area (Å²) < 4.78 is 76.9. The molecule has 2 N–H and O–H groups in total. The lowest BCUT2D eigenvalue weighted by molar-refractivity contribution is -0.143. The average molecular weight is 445 g/mol. The molecule has 2 aromatic rings. The first-order valence-corrected chi connectivity index (χ1v) is 7.90. The lowest BCUT2D eigenvalue weighted by Crippen LogP contribution is -2.29. The van der Waals surface area contributed by atoms with Crippen LogP contribution in [0.4, 0.5) is 37.7 Å². The molecule has 0 bridgehead atoms. The number of rotatable bonds is 2. The van der Waals surface area contributed by atoms with Crippen molar-refractivity contribution in [1.82, 2.24) is 0 Å². The van der Waals surface area contributed by atoms with Gasteiger partial charge in [-0.05, 0) is 30.3 Å². The Morgan fingerprint density at radius 3 is 1.79 bits per heavy atom. The zero-order valence-electron chi connectivity index (χ0n) is 13.3. The van der Waals surface area contributed by atoms with Gasteiger partial charge in [-0.2, -0.15) is 26.3 Å². The van der Waals surface area contributed by atoms with E-state index in [0.29, 0.717) is 0 Å². The van der Waals surface area contributed by atoms with Crippen LogP contribution in [0.3, 0.4) is 0 Å². The second-order valence-electron chi connectivity index (χ2n) is 5.30. The molecule has 0 radical (unpaired) electrons. The highest BCUT2D eigenvalue weighted by molar-refractivity contribution is 6.47. The van der Waals surface area contributed by atoms with Gasteiger partial charge in [-0.1, -0.05) is 29.3 Å². The van der Waals surface area contributed by atoms with Crippen LogP contribution in [-0.2, 0) is 21.9 Å². The van der Waals surface area contributed by atoms with E-state index in [1.54, 1.807) is 5.32 Å². The Morgan fingerprint density at radius 1 is 0.786 bits per heavy atom. The number of amides is 2. The number of hydrogen-bond donors (Lipinski definition) is 2. The number of halogens is 8. The number of carbonyl (C=O) groups excluding carboxylic acids is 2. The van der Waals surface area contributed by atoms with Crippen LogP contribution < -0.4 is 10.6 Å². The SMILES string of the molecule is O=C(Nc1cc(C(F)(F)F)cc(C(F)(F)F)c1)C(=O)Nc1cccc(Cl)c1Cl. The molecular weight excluding hydrogens is 437 g/mol.